The summed E-state index contributed by atoms with van der Waals surface area (Å²) in [5, 5.41) is 3.08. The van der Waals surface area contributed by atoms with Crippen LogP contribution in [-0.2, 0) is 0 Å². The fourth-order valence-corrected chi connectivity index (χ4v) is 1.76. The maximum atomic E-state index is 4.12. The van der Waals surface area contributed by atoms with Crippen LogP contribution in [0.15, 0.2) is 60.3 Å². The van der Waals surface area contributed by atoms with Crippen molar-refractivity contribution in [2.24, 2.45) is 0 Å². The molecule has 90 valence electrons. The molecule has 0 saturated carbocycles. The number of hydrogen-bond donors (Lipinski definition) is 1. The molecule has 0 fully saturated rings. The van der Waals surface area contributed by atoms with Gasteiger partial charge in [0, 0.05) is 7.05 Å². The van der Waals surface area contributed by atoms with Gasteiger partial charge in [-0.15, -0.1) is 0 Å². The number of hydrogen-bond acceptors (Lipinski definition) is 1. The molecule has 0 saturated heterocycles. The molecule has 1 aromatic rings. The van der Waals surface area contributed by atoms with E-state index in [0.717, 1.165) is 12.0 Å². The molecule has 0 aliphatic heterocycles. The fourth-order valence-electron chi connectivity index (χ4n) is 1.76. The van der Waals surface area contributed by atoms with E-state index in [9.17, 15) is 0 Å². The van der Waals surface area contributed by atoms with E-state index >= 15 is 0 Å². The first kappa shape index (κ1) is 13.3. The predicted molar refractivity (Wildman–Crippen MR) is 76.7 cm³/mol. The first-order chi connectivity index (χ1) is 8.19. The van der Waals surface area contributed by atoms with Crippen LogP contribution in [0.1, 0.15) is 25.8 Å². The maximum absolute atomic E-state index is 4.12. The third kappa shape index (κ3) is 3.95. The first-order valence-corrected chi connectivity index (χ1v) is 5.98. The van der Waals surface area contributed by atoms with Crippen LogP contribution < -0.4 is 5.32 Å². The largest absolute Gasteiger partial charge is 0.394 e. The summed E-state index contributed by atoms with van der Waals surface area (Å²) in [6.45, 7) is 8.40. The van der Waals surface area contributed by atoms with Gasteiger partial charge in [0.15, 0.2) is 0 Å². The standard InChI is InChI=1S/C16H21N/c1-5-15(12-17-4)13(2)11-14(3)16-9-7-6-8-10-16/h6-12,17H,3,5H2,1-2,4H3/b13-11-,15-12-. The second-order valence-electron chi connectivity index (χ2n) is 4.03. The van der Waals surface area contributed by atoms with Gasteiger partial charge in [0.1, 0.15) is 0 Å². The minimum Gasteiger partial charge on any atom is -0.394 e. The van der Waals surface area contributed by atoms with Crippen molar-refractivity contribution in [2.75, 3.05) is 7.05 Å². The summed E-state index contributed by atoms with van der Waals surface area (Å²) >= 11 is 0. The zero-order chi connectivity index (χ0) is 12.7. The molecular weight excluding hydrogens is 206 g/mol. The Balaban J connectivity index is 2.89. The van der Waals surface area contributed by atoms with Crippen molar-refractivity contribution in [3.63, 3.8) is 0 Å². The van der Waals surface area contributed by atoms with Crippen LogP contribution in [0.4, 0.5) is 0 Å². The van der Waals surface area contributed by atoms with Gasteiger partial charge in [-0.2, -0.15) is 0 Å². The average molecular weight is 227 g/mol. The van der Waals surface area contributed by atoms with Crippen molar-refractivity contribution in [3.8, 4) is 0 Å². The zero-order valence-electron chi connectivity index (χ0n) is 11.0. The van der Waals surface area contributed by atoms with Gasteiger partial charge in [-0.05, 0) is 41.8 Å². The normalized spacial score (nSPS) is 12.4. The van der Waals surface area contributed by atoms with Crippen LogP contribution >= 0.6 is 0 Å². The Morgan fingerprint density at radius 2 is 1.94 bits per heavy atom. The Bertz CT molecular complexity index is 424. The Morgan fingerprint density at radius 1 is 1.29 bits per heavy atom. The molecule has 0 aliphatic carbocycles. The molecule has 0 spiro atoms. The van der Waals surface area contributed by atoms with Gasteiger partial charge in [0.2, 0.25) is 0 Å². The molecule has 0 radical (unpaired) electrons. The van der Waals surface area contributed by atoms with Crippen LogP contribution in [0.2, 0.25) is 0 Å². The highest BCUT2D eigenvalue weighted by molar-refractivity contribution is 5.73. The van der Waals surface area contributed by atoms with Crippen molar-refractivity contribution in [2.45, 2.75) is 20.3 Å². The van der Waals surface area contributed by atoms with Crippen molar-refractivity contribution in [1.82, 2.24) is 5.32 Å². The summed E-state index contributed by atoms with van der Waals surface area (Å²) in [4.78, 5) is 0. The summed E-state index contributed by atoms with van der Waals surface area (Å²) in [6, 6.07) is 10.3. The minimum atomic E-state index is 1.02. The highest BCUT2D eigenvalue weighted by Gasteiger charge is 1.99. The topological polar surface area (TPSA) is 12.0 Å². The minimum absolute atomic E-state index is 1.02. The highest BCUT2D eigenvalue weighted by Crippen LogP contribution is 2.19. The van der Waals surface area contributed by atoms with E-state index in [2.05, 4.69) is 44.0 Å². The Kier molecular flexibility index (Phi) is 5.28. The monoisotopic (exact) mass is 227 g/mol. The van der Waals surface area contributed by atoms with Gasteiger partial charge < -0.3 is 5.32 Å². The van der Waals surface area contributed by atoms with E-state index in [0.29, 0.717) is 0 Å². The molecule has 17 heavy (non-hydrogen) atoms. The van der Waals surface area contributed by atoms with E-state index < -0.39 is 0 Å². The summed E-state index contributed by atoms with van der Waals surface area (Å²) < 4.78 is 0. The molecule has 0 heterocycles. The third-order valence-corrected chi connectivity index (χ3v) is 2.74. The van der Waals surface area contributed by atoms with Gasteiger partial charge in [0.05, 0.1) is 0 Å². The lowest BCUT2D eigenvalue weighted by atomic mass is 10.0. The van der Waals surface area contributed by atoms with Gasteiger partial charge >= 0.3 is 0 Å². The number of nitrogens with one attached hydrogen (secondary N) is 1. The molecule has 1 rings (SSSR count). The number of benzene rings is 1. The SMILES string of the molecule is C=C(/C=C(C)\C(=C/NC)CC)c1ccccc1. The molecule has 1 heteroatoms. The Hall–Kier alpha value is -1.76. The molecule has 0 aromatic heterocycles. The molecule has 0 aliphatic rings. The molecule has 0 bridgehead atoms. The van der Waals surface area contributed by atoms with Crippen LogP contribution in [0.3, 0.4) is 0 Å². The molecule has 0 atom stereocenters. The molecule has 1 aromatic carbocycles. The van der Waals surface area contributed by atoms with Gasteiger partial charge in [-0.3, -0.25) is 0 Å². The lowest BCUT2D eigenvalue weighted by Gasteiger charge is -2.07. The number of allylic oxidation sites excluding steroid dienone is 4. The lowest BCUT2D eigenvalue weighted by Crippen LogP contribution is -1.97. The first-order valence-electron chi connectivity index (χ1n) is 5.98. The van der Waals surface area contributed by atoms with E-state index in [4.69, 9.17) is 0 Å². The third-order valence-electron chi connectivity index (χ3n) is 2.74. The predicted octanol–water partition coefficient (Wildman–Crippen LogP) is 4.16. The quantitative estimate of drug-likeness (QED) is 0.745. The van der Waals surface area contributed by atoms with Gasteiger partial charge in [-0.1, -0.05) is 49.9 Å². The summed E-state index contributed by atoms with van der Waals surface area (Å²) in [5.41, 5.74) is 4.80. The fraction of sp³-hybridized carbons (Fsp3) is 0.250. The summed E-state index contributed by atoms with van der Waals surface area (Å²) in [5.74, 6) is 0. The van der Waals surface area contributed by atoms with Crippen LogP contribution in [0, 0.1) is 0 Å². The van der Waals surface area contributed by atoms with Crippen LogP contribution in [-0.4, -0.2) is 7.05 Å². The van der Waals surface area contributed by atoms with Crippen molar-refractivity contribution in [1.29, 1.82) is 0 Å². The van der Waals surface area contributed by atoms with Crippen molar-refractivity contribution in [3.05, 3.63) is 65.9 Å². The van der Waals surface area contributed by atoms with Crippen LogP contribution in [0.25, 0.3) is 5.57 Å². The second kappa shape index (κ2) is 6.74. The maximum Gasteiger partial charge on any atom is 0.00278 e. The molecule has 1 N–H and O–H groups in total. The Morgan fingerprint density at radius 3 is 2.47 bits per heavy atom. The van der Waals surface area contributed by atoms with Crippen molar-refractivity contribution < 1.29 is 0 Å². The Labute approximate surface area is 105 Å². The van der Waals surface area contributed by atoms with Gasteiger partial charge in [0.25, 0.3) is 0 Å². The average Bonchev–Trinajstić information content (AvgIpc) is 2.36. The number of rotatable bonds is 5. The molecule has 0 amide bonds. The summed E-state index contributed by atoms with van der Waals surface area (Å²) in [6.07, 6.45) is 5.21. The smallest absolute Gasteiger partial charge is 0.00278 e. The lowest BCUT2D eigenvalue weighted by molar-refractivity contribution is 1.02. The second-order valence-corrected chi connectivity index (χ2v) is 4.03. The van der Waals surface area contributed by atoms with Gasteiger partial charge in [-0.25, -0.2) is 0 Å². The van der Waals surface area contributed by atoms with E-state index in [1.807, 2.05) is 31.4 Å². The van der Waals surface area contributed by atoms with E-state index in [1.165, 1.54) is 16.7 Å². The van der Waals surface area contributed by atoms with Crippen molar-refractivity contribution >= 4 is 5.57 Å². The van der Waals surface area contributed by atoms with E-state index in [-0.39, 0.29) is 0 Å². The highest BCUT2D eigenvalue weighted by atomic mass is 14.8. The molecule has 1 nitrogen and oxygen atoms in total. The molecular formula is C16H21N. The molecule has 0 unspecified atom stereocenters. The zero-order valence-corrected chi connectivity index (χ0v) is 11.0. The van der Waals surface area contributed by atoms with Crippen LogP contribution in [0.5, 0.6) is 0 Å². The van der Waals surface area contributed by atoms with E-state index in [1.54, 1.807) is 0 Å². The summed E-state index contributed by atoms with van der Waals surface area (Å²) in [7, 11) is 1.93.